The van der Waals surface area contributed by atoms with Crippen LogP contribution in [0.25, 0.3) is 0 Å². The number of carbonyl (C=O) groups is 3. The molecule has 5 aliphatic rings. The van der Waals surface area contributed by atoms with Crippen LogP contribution >= 0.6 is 0 Å². The van der Waals surface area contributed by atoms with Crippen LogP contribution in [0, 0.1) is 0 Å². The Bertz CT molecular complexity index is 3490. The Kier molecular flexibility index (Phi) is 28.9. The monoisotopic (exact) mass is 1560 g/mol. The van der Waals surface area contributed by atoms with Gasteiger partial charge in [-0.1, -0.05) is 0 Å². The Morgan fingerprint density at radius 2 is 0.875 bits per heavy atom. The minimum absolute atomic E-state index is 0.329. The molecule has 96 heavy (non-hydrogen) atoms. The summed E-state index contributed by atoms with van der Waals surface area (Å²) < 4.78 is 324. The molecule has 5 rings (SSSR count). The molecule has 5 aliphatic heterocycles. The number of ether oxygens (including phenoxy) is 11. The van der Waals surface area contributed by atoms with Crippen LogP contribution in [-0.2, 0) is 160 Å². The van der Waals surface area contributed by atoms with E-state index in [-0.39, 0.29) is 19.5 Å². The minimum Gasteiger partial charge on any atom is -0.479 e. The highest BCUT2D eigenvalue weighted by atomic mass is 32.3. The van der Waals surface area contributed by atoms with E-state index in [9.17, 15) is 136 Å². The van der Waals surface area contributed by atoms with Gasteiger partial charge >= 0.3 is 84.5 Å². The summed E-state index contributed by atoms with van der Waals surface area (Å²) in [6.07, 6.45) is -62.9. The van der Waals surface area contributed by atoms with E-state index in [2.05, 4.69) is 22.0 Å². The fourth-order valence-electron chi connectivity index (χ4n) is 9.90. The van der Waals surface area contributed by atoms with Gasteiger partial charge in [0.1, 0.15) is 104 Å². The number of aliphatic hydroxyl groups is 5. The van der Waals surface area contributed by atoms with E-state index < -0.39 is 270 Å². The number of carbonyl (C=O) groups excluding carboxylic acids is 1. The second-order valence-electron chi connectivity index (χ2n) is 20.4. The van der Waals surface area contributed by atoms with Crippen molar-refractivity contribution in [2.24, 2.45) is 11.5 Å². The number of carboxylic acid groups (broad SMARTS) is 2. The lowest BCUT2D eigenvalue weighted by Crippen LogP contribution is -2.71. The number of carboxylic acids is 2. The number of nitrogens with one attached hydrogen (secondary N) is 3. The number of rotatable bonds is 34. The fourth-order valence-corrected chi connectivity index (χ4v) is 13.2. The van der Waals surface area contributed by atoms with Gasteiger partial charge in [0.2, 0.25) is 5.91 Å². The third kappa shape index (κ3) is 24.0. The van der Waals surface area contributed by atoms with Crippen LogP contribution in [0.5, 0.6) is 0 Å². The van der Waals surface area contributed by atoms with E-state index in [1.165, 1.54) is 4.72 Å². The molecule has 59 heteroatoms. The van der Waals surface area contributed by atoms with E-state index in [0.717, 1.165) is 18.9 Å². The molecule has 562 valence electrons. The summed E-state index contributed by atoms with van der Waals surface area (Å²) in [6.45, 7) is -4.90. The van der Waals surface area contributed by atoms with E-state index >= 15 is 0 Å². The molecule has 0 spiro atoms. The van der Waals surface area contributed by atoms with Gasteiger partial charge in [-0.25, -0.2) is 30.5 Å². The number of nitrogens with two attached hydrogens (primary N) is 2. The molecule has 5 heterocycles. The highest BCUT2D eigenvalue weighted by Gasteiger charge is 2.61. The van der Waals surface area contributed by atoms with Crippen LogP contribution in [-0.4, -0.2) is 351 Å². The van der Waals surface area contributed by atoms with Crippen molar-refractivity contribution >= 4 is 90.4 Å². The molecule has 0 bridgehead atoms. The molecular weight excluding hydrogens is 1490 g/mol. The van der Waals surface area contributed by atoms with E-state index in [4.69, 9.17) is 72.3 Å². The van der Waals surface area contributed by atoms with E-state index in [1.807, 2.05) is 0 Å². The molecule has 0 unspecified atom stereocenters. The first-order chi connectivity index (χ1) is 43.9. The summed E-state index contributed by atoms with van der Waals surface area (Å²) in [5.74, 6) is -5.60. The summed E-state index contributed by atoms with van der Waals surface area (Å²) in [7, 11) is -39.3. The molecule has 0 saturated carbocycles. The highest BCUT2D eigenvalue weighted by Crippen LogP contribution is 2.39. The summed E-state index contributed by atoms with van der Waals surface area (Å²) in [5.41, 5.74) is 11.0. The third-order valence-corrected chi connectivity index (χ3v) is 17.2. The van der Waals surface area contributed by atoms with Gasteiger partial charge in [0.05, 0.1) is 32.0 Å². The predicted octanol–water partition coefficient (Wildman–Crippen LogP) is -13.7. The normalized spacial score (nSPS) is 37.4. The maximum Gasteiger partial charge on any atom is 0.397 e. The van der Waals surface area contributed by atoms with Crippen molar-refractivity contribution in [3.8, 4) is 0 Å². The minimum atomic E-state index is -6.33. The topological polar surface area (TPSA) is 809 Å². The lowest BCUT2D eigenvalue weighted by Gasteiger charge is -2.50. The van der Waals surface area contributed by atoms with Gasteiger partial charge in [0.15, 0.2) is 43.5 Å². The van der Waals surface area contributed by atoms with Crippen LogP contribution in [0.3, 0.4) is 0 Å². The van der Waals surface area contributed by atoms with Crippen molar-refractivity contribution in [3.05, 3.63) is 0 Å². The first-order valence-electron chi connectivity index (χ1n) is 26.1. The zero-order valence-electron chi connectivity index (χ0n) is 48.0. The second kappa shape index (κ2) is 33.3. The quantitative estimate of drug-likeness (QED) is 0.0266. The average molecular weight is 1560 g/mol. The molecule has 21 N–H and O–H groups in total. The van der Waals surface area contributed by atoms with Gasteiger partial charge in [-0.05, 0) is 6.42 Å². The predicted molar refractivity (Wildman–Crippen MR) is 287 cm³/mol. The largest absolute Gasteiger partial charge is 0.479 e. The fraction of sp³-hybridized carbons (Fsp3) is 0.919. The first kappa shape index (κ1) is 83.4. The lowest BCUT2D eigenvalue weighted by molar-refractivity contribution is -0.372. The first-order valence-corrected chi connectivity index (χ1v) is 35.8. The number of methoxy groups -OCH3 is 2. The van der Waals surface area contributed by atoms with Crippen LogP contribution in [0.1, 0.15) is 6.42 Å². The number of hydrogen-bond acceptors (Lipinski definition) is 40. The molecule has 0 aromatic carbocycles. The number of amides is 1. The summed E-state index contributed by atoms with van der Waals surface area (Å²) >= 11 is 0. The number of aliphatic hydroxyl groups excluding tert-OH is 5. The second-order valence-corrected chi connectivity index (χ2v) is 28.1. The Labute approximate surface area is 541 Å². The molecule has 0 aromatic heterocycles. The van der Waals surface area contributed by atoms with Gasteiger partial charge in [-0.15, -0.1) is 0 Å². The van der Waals surface area contributed by atoms with Crippen molar-refractivity contribution in [2.75, 3.05) is 47.1 Å². The van der Waals surface area contributed by atoms with Crippen molar-refractivity contribution < 1.29 is 214 Å². The zero-order valence-corrected chi connectivity index (χ0v) is 53.7. The number of hydrogen-bond donors (Lipinski definition) is 19. The summed E-state index contributed by atoms with van der Waals surface area (Å²) in [4.78, 5) is 38.4. The smallest absolute Gasteiger partial charge is 0.397 e. The lowest BCUT2D eigenvalue weighted by atomic mass is 9.92. The molecule has 0 aromatic rings. The Morgan fingerprint density at radius 3 is 1.35 bits per heavy atom. The van der Waals surface area contributed by atoms with Crippen molar-refractivity contribution in [2.45, 2.75) is 166 Å². The third-order valence-electron chi connectivity index (χ3n) is 13.7. The Hall–Kier alpha value is -3.22. The SMILES string of the molecule is COC[C@H]1O[C@H](CCNC(=O)[C@H](N)CN)[C@H](OC)[C@@H](OS(=O)(=O)O)[C@@H]1O[C@@H]1O[C@@H](C(=O)O)[C@@H](O[C@H]2O[C@H](COS(=O)(=O)O)[C@@H](O[C@@H]3O[C@H](C(=O)O)[C@@H](O[C@H]4O[C@H](COS(=O)(=O)O)[C@@H](O)[C@H](O)[C@H]4NS(=O)(=O)O)[C@H](O)[C@H]3O)[C@H](OS(=O)(=O)O)[C@H]2NS(=O)(=O)O)[C@H](O)[C@H]1OS(=O)(=O)O. The molecule has 26 atom stereocenters. The number of aliphatic carboxylic acids is 2. The highest BCUT2D eigenvalue weighted by molar-refractivity contribution is 7.84. The van der Waals surface area contributed by atoms with Gasteiger partial charge in [0.25, 0.3) is 0 Å². The molecular formula is C37H65N5O47S7. The van der Waals surface area contributed by atoms with Crippen LogP contribution < -0.4 is 26.2 Å². The van der Waals surface area contributed by atoms with Gasteiger partial charge in [-0.3, -0.25) is 36.7 Å². The van der Waals surface area contributed by atoms with E-state index in [0.29, 0.717) is 0 Å². The van der Waals surface area contributed by atoms with Crippen LogP contribution in [0.15, 0.2) is 0 Å². The van der Waals surface area contributed by atoms with Crippen molar-refractivity contribution in [3.63, 3.8) is 0 Å². The molecule has 0 aliphatic carbocycles. The molecule has 5 fully saturated rings. The van der Waals surface area contributed by atoms with E-state index in [1.54, 1.807) is 0 Å². The zero-order chi connectivity index (χ0) is 72.9. The molecule has 0 radical (unpaired) electrons. The van der Waals surface area contributed by atoms with Gasteiger partial charge < -0.3 is 105 Å². The van der Waals surface area contributed by atoms with Crippen LogP contribution in [0.2, 0.25) is 0 Å². The summed E-state index contributed by atoms with van der Waals surface area (Å²) in [6, 6.07) is -6.99. The standard InChI is InChI=1S/C37H65N5O47S7/c1-74-6-12-23(28(89-96(71,72)73)21(75-2)10(78-12)3-4-40-31(48)9(39)5-38)82-37-27(88-95(68,69)70)20(47)26(30(86-37)33(51)52)84-35-15(42-91(56,57)58)24(87-94(65,66)67)22(13(80-35)8-77-93(62,63)64)81-36-19(46)18(45)25(29(85-36)32(49)50)83-34-14(41-90(53,54)55)17(44)16(43)11(79-34)7-76-92(59,60)61/h9-30,34-37,41-47H,3-8,38-39H2,1-2H3,(H,40,48)(H,49,50)(H,51,52)(H,53,54,55)(H,56,57,58)(H,59,60,61)(H,62,63,64)(H,65,66,67)(H,68,69,70)(H,71,72,73)/t9-,10-,11-,12-,13-,14-,15-,16-,17-,18-,19-,20+,21+,22-,23-,24-,25+,26+,27-,28-,29+,30-,34-,35-,36-,37-/m1/s1. The van der Waals surface area contributed by atoms with Crippen molar-refractivity contribution in [1.82, 2.24) is 14.8 Å². The maximum absolute atomic E-state index is 13.2. The maximum atomic E-state index is 13.2. The Morgan fingerprint density at radius 1 is 0.448 bits per heavy atom. The van der Waals surface area contributed by atoms with Gasteiger partial charge in [-0.2, -0.15) is 68.4 Å². The van der Waals surface area contributed by atoms with Crippen LogP contribution in [0.4, 0.5) is 0 Å². The summed E-state index contributed by atoms with van der Waals surface area (Å²) in [5, 5.41) is 79.5. The molecule has 1 amide bonds. The average Bonchev–Trinajstić information content (AvgIpc) is 0.764. The van der Waals surface area contributed by atoms with Gasteiger partial charge in [0, 0.05) is 27.3 Å². The molecule has 5 saturated heterocycles. The Balaban J connectivity index is 1.59. The van der Waals surface area contributed by atoms with Crippen molar-refractivity contribution in [1.29, 1.82) is 0 Å². The molecule has 52 nitrogen and oxygen atoms in total.